The third-order valence-corrected chi connectivity index (χ3v) is 8.63. The number of pyridine rings is 1. The van der Waals surface area contributed by atoms with Crippen LogP contribution >= 0.6 is 23.2 Å². The number of allylic oxidation sites excluding steroid dienone is 10. The van der Waals surface area contributed by atoms with Crippen molar-refractivity contribution in [2.45, 2.75) is 55.4 Å². The van der Waals surface area contributed by atoms with E-state index in [1.54, 1.807) is 62.4 Å². The third-order valence-electron chi connectivity index (χ3n) is 8.13. The summed E-state index contributed by atoms with van der Waals surface area (Å²) in [5.74, 6) is -0.0240. The zero-order valence-corrected chi connectivity index (χ0v) is 31.0. The zero-order chi connectivity index (χ0) is 36.4. The van der Waals surface area contributed by atoms with E-state index < -0.39 is 10.8 Å². The summed E-state index contributed by atoms with van der Waals surface area (Å²) in [6.07, 6.45) is 7.38. The van der Waals surface area contributed by atoms with Crippen molar-refractivity contribution in [2.24, 2.45) is 31.3 Å². The normalized spacial score (nSPS) is 17.9. The molecule has 0 saturated carbocycles. The Morgan fingerprint density at radius 2 is 0.920 bits per heavy atom. The van der Waals surface area contributed by atoms with Crippen molar-refractivity contribution in [3.05, 3.63) is 146 Å². The Bertz CT molecular complexity index is 1970. The first-order valence-corrected chi connectivity index (χ1v) is 17.0. The molecule has 0 aliphatic heterocycles. The molecule has 2 aliphatic rings. The average molecular weight is 705 g/mol. The lowest BCUT2D eigenvalue weighted by atomic mass is 9.78. The molecule has 7 nitrogen and oxygen atoms in total. The number of hydrogen-bond donors (Lipinski definition) is 0. The van der Waals surface area contributed by atoms with Crippen LogP contribution in [0.3, 0.4) is 0 Å². The molecule has 9 heteroatoms. The lowest BCUT2D eigenvalue weighted by Gasteiger charge is -2.25. The largest absolute Gasteiger partial charge is 0.289 e. The van der Waals surface area contributed by atoms with Crippen LogP contribution in [0.2, 0.25) is 10.0 Å². The molecule has 2 aromatic carbocycles. The van der Waals surface area contributed by atoms with Gasteiger partial charge in [0, 0.05) is 32.3 Å². The van der Waals surface area contributed by atoms with Gasteiger partial charge in [0.1, 0.15) is 11.4 Å². The summed E-state index contributed by atoms with van der Waals surface area (Å²) >= 11 is 12.2. The highest BCUT2D eigenvalue weighted by Gasteiger charge is 2.30. The van der Waals surface area contributed by atoms with Crippen molar-refractivity contribution in [3.63, 3.8) is 0 Å². The molecule has 2 aliphatic carbocycles. The van der Waals surface area contributed by atoms with Crippen molar-refractivity contribution in [3.8, 4) is 0 Å². The quantitative estimate of drug-likeness (QED) is 0.239. The van der Waals surface area contributed by atoms with Crippen LogP contribution < -0.4 is 0 Å². The molecule has 0 unspecified atom stereocenters. The molecular weight excluding hydrogens is 665 g/mol. The minimum absolute atomic E-state index is 0.0120. The number of carbonyl (C=O) groups excluding carboxylic acids is 2. The summed E-state index contributed by atoms with van der Waals surface area (Å²) in [6, 6.07) is 19.6. The van der Waals surface area contributed by atoms with Crippen LogP contribution in [0.25, 0.3) is 11.4 Å². The molecule has 0 fully saturated rings. The molecule has 0 amide bonds. The van der Waals surface area contributed by atoms with E-state index in [1.165, 1.54) is 0 Å². The second kappa shape index (κ2) is 14.6. The number of nitrogens with zero attached hydrogens (tertiary/aromatic N) is 5. The lowest BCUT2D eigenvalue weighted by molar-refractivity contribution is -0.113. The number of carbonyl (C=O) groups is 2. The van der Waals surface area contributed by atoms with Crippen molar-refractivity contribution >= 4 is 57.5 Å². The Kier molecular flexibility index (Phi) is 10.6. The minimum atomic E-state index is -0.412. The van der Waals surface area contributed by atoms with Gasteiger partial charge in [-0.15, -0.1) is 10.2 Å². The first kappa shape index (κ1) is 36.4. The number of ketones is 2. The predicted octanol–water partition coefficient (Wildman–Crippen LogP) is 12.4. The van der Waals surface area contributed by atoms with Gasteiger partial charge in [-0.1, -0.05) is 70.8 Å². The van der Waals surface area contributed by atoms with Crippen molar-refractivity contribution in [1.29, 1.82) is 0 Å². The molecule has 0 saturated heterocycles. The van der Waals surface area contributed by atoms with E-state index in [0.29, 0.717) is 77.6 Å². The number of halogens is 2. The fourth-order valence-corrected chi connectivity index (χ4v) is 5.63. The lowest BCUT2D eigenvalue weighted by Crippen LogP contribution is -2.21. The smallest absolute Gasteiger partial charge is 0.185 e. The van der Waals surface area contributed by atoms with Gasteiger partial charge in [0.2, 0.25) is 0 Å². The van der Waals surface area contributed by atoms with E-state index in [9.17, 15) is 9.59 Å². The van der Waals surface area contributed by atoms with E-state index in [2.05, 4.69) is 10.2 Å². The first-order valence-electron chi connectivity index (χ1n) is 16.2. The predicted molar refractivity (Wildman–Crippen MR) is 203 cm³/mol. The molecule has 0 N–H and O–H groups in total. The van der Waals surface area contributed by atoms with Crippen LogP contribution in [0, 0.1) is 10.8 Å². The summed E-state index contributed by atoms with van der Waals surface area (Å²) < 4.78 is 0. The molecule has 3 aromatic rings. The number of rotatable bonds is 6. The van der Waals surface area contributed by atoms with Gasteiger partial charge in [0.25, 0.3) is 0 Å². The average Bonchev–Trinajstić information content (AvgIpc) is 3.05. The standard InChI is InChI=1S/C41H39Cl2N5O2/c1-24-20-26(22-32(38(24)49)40(3,4)5)36(47-45-30-16-12-28(42)13-17-30)34-10-9-11-35(44-34)37(48-46-31-18-14-29(43)15-19-31)27-21-25(2)39(50)33(23-27)41(6,7)8/h9-23H,1-8H3/b36-26+,37-27+,47-45+,48-46+. The second-order valence-electron chi connectivity index (χ2n) is 14.3. The third kappa shape index (κ3) is 8.47. The van der Waals surface area contributed by atoms with Crippen LogP contribution in [0.4, 0.5) is 11.4 Å². The van der Waals surface area contributed by atoms with Crippen molar-refractivity contribution < 1.29 is 9.59 Å². The van der Waals surface area contributed by atoms with Crippen LogP contribution in [0.15, 0.2) is 145 Å². The highest BCUT2D eigenvalue weighted by Crippen LogP contribution is 2.38. The second-order valence-corrected chi connectivity index (χ2v) is 15.2. The molecule has 1 aromatic heterocycles. The molecule has 0 bridgehead atoms. The Morgan fingerprint density at radius 1 is 0.560 bits per heavy atom. The van der Waals surface area contributed by atoms with Crippen molar-refractivity contribution in [2.75, 3.05) is 0 Å². The van der Waals surface area contributed by atoms with E-state index >= 15 is 0 Å². The summed E-state index contributed by atoms with van der Waals surface area (Å²) in [5, 5.41) is 19.7. The SMILES string of the molecule is CC1=C/C(=C(\N=N\c2ccc(Cl)cc2)c2cccc(C(/N=N/c3ccc(Cl)cc3)=C3/C=C(C)C(=O)C(C(C)(C)C)=C3)n2)C=C(C(C)(C)C)C1=O. The Morgan fingerprint density at radius 3 is 1.26 bits per heavy atom. The fourth-order valence-electron chi connectivity index (χ4n) is 5.38. The topological polar surface area (TPSA) is 96.5 Å². The number of Topliss-reactive ketones (excluding diaryl/α,β-unsaturated/α-hetero) is 2. The zero-order valence-electron chi connectivity index (χ0n) is 29.5. The van der Waals surface area contributed by atoms with E-state index in [-0.39, 0.29) is 11.6 Å². The maximum Gasteiger partial charge on any atom is 0.185 e. The van der Waals surface area contributed by atoms with E-state index in [0.717, 1.165) is 0 Å². The molecule has 1 heterocycles. The van der Waals surface area contributed by atoms with Crippen LogP contribution in [0.1, 0.15) is 66.8 Å². The highest BCUT2D eigenvalue weighted by molar-refractivity contribution is 6.30. The van der Waals surface area contributed by atoms with Gasteiger partial charge >= 0.3 is 0 Å². The van der Waals surface area contributed by atoms with Crippen molar-refractivity contribution in [1.82, 2.24) is 4.98 Å². The van der Waals surface area contributed by atoms with Crippen LogP contribution in [-0.4, -0.2) is 16.6 Å². The molecule has 5 rings (SSSR count). The van der Waals surface area contributed by atoms with Gasteiger partial charge in [0.15, 0.2) is 11.6 Å². The number of hydrogen-bond acceptors (Lipinski definition) is 7. The first-order chi connectivity index (χ1) is 23.5. The minimum Gasteiger partial charge on any atom is -0.289 e. The summed E-state index contributed by atoms with van der Waals surface area (Å²) in [5.41, 5.74) is 6.21. The highest BCUT2D eigenvalue weighted by atomic mass is 35.5. The molecule has 0 radical (unpaired) electrons. The van der Waals surface area contributed by atoms with Gasteiger partial charge in [0.05, 0.1) is 22.8 Å². The van der Waals surface area contributed by atoms with E-state index in [4.69, 9.17) is 38.4 Å². The van der Waals surface area contributed by atoms with Gasteiger partial charge < -0.3 is 0 Å². The molecular formula is C41H39Cl2N5O2. The van der Waals surface area contributed by atoms with E-state index in [1.807, 2.05) is 84.0 Å². The molecule has 50 heavy (non-hydrogen) atoms. The molecule has 0 spiro atoms. The van der Waals surface area contributed by atoms with Gasteiger partial charge in [-0.05, 0) is 121 Å². The van der Waals surface area contributed by atoms with Gasteiger partial charge in [-0.3, -0.25) is 9.59 Å². The summed E-state index contributed by atoms with van der Waals surface area (Å²) in [7, 11) is 0. The van der Waals surface area contributed by atoms with Crippen LogP contribution in [0.5, 0.6) is 0 Å². The van der Waals surface area contributed by atoms with Crippen LogP contribution in [-0.2, 0) is 9.59 Å². The number of benzene rings is 2. The molecule has 254 valence electrons. The summed E-state index contributed by atoms with van der Waals surface area (Å²) in [4.78, 5) is 31.6. The molecule has 0 atom stereocenters. The monoisotopic (exact) mass is 703 g/mol. The maximum atomic E-state index is 13.2. The maximum absolute atomic E-state index is 13.2. The fraction of sp³-hybridized carbons (Fsp3) is 0.244. The Balaban J connectivity index is 1.76. The summed E-state index contributed by atoms with van der Waals surface area (Å²) in [6.45, 7) is 15.7. The van der Waals surface area contributed by atoms with Gasteiger partial charge in [-0.25, -0.2) is 4.98 Å². The number of azo groups is 2. The number of aromatic nitrogens is 1. The Hall–Kier alpha value is -4.85. The Labute approximate surface area is 303 Å². The van der Waals surface area contributed by atoms with Gasteiger partial charge in [-0.2, -0.15) is 10.2 Å².